The van der Waals surface area contributed by atoms with Gasteiger partial charge in [-0.25, -0.2) is 18.7 Å². The number of methoxy groups -OCH3 is 1. The number of hydrogen-bond acceptors (Lipinski definition) is 7. The Morgan fingerprint density at radius 3 is 2.78 bits per heavy atom. The Kier molecular flexibility index (Phi) is 7.31. The summed E-state index contributed by atoms with van der Waals surface area (Å²) >= 11 is 0. The van der Waals surface area contributed by atoms with Crippen LogP contribution in [0.15, 0.2) is 12.3 Å². The van der Waals surface area contributed by atoms with E-state index in [-0.39, 0.29) is 48.5 Å². The Morgan fingerprint density at radius 1 is 1.30 bits per heavy atom. The van der Waals surface area contributed by atoms with Gasteiger partial charge in [-0.15, -0.1) is 0 Å². The molecule has 6 atom stereocenters. The van der Waals surface area contributed by atoms with Crippen LogP contribution in [-0.2, 0) is 20.4 Å². The van der Waals surface area contributed by atoms with Crippen molar-refractivity contribution in [1.29, 1.82) is 0 Å². The van der Waals surface area contributed by atoms with Gasteiger partial charge in [0.2, 0.25) is 18.2 Å². The van der Waals surface area contributed by atoms with Gasteiger partial charge in [-0.1, -0.05) is 0 Å². The molecule has 3 saturated heterocycles. The molecule has 37 heavy (non-hydrogen) atoms. The third kappa shape index (κ3) is 5.26. The largest absolute Gasteiger partial charge is 0.451 e. The van der Waals surface area contributed by atoms with E-state index in [1.807, 2.05) is 0 Å². The minimum atomic E-state index is -4.65. The van der Waals surface area contributed by atoms with Crippen molar-refractivity contribution < 1.29 is 36.2 Å². The maximum Gasteiger partial charge on any atom is 0.451 e. The van der Waals surface area contributed by atoms with Gasteiger partial charge in [0.25, 0.3) is 0 Å². The van der Waals surface area contributed by atoms with E-state index >= 15 is 0 Å². The second kappa shape index (κ2) is 10.2. The lowest BCUT2D eigenvalue weighted by Gasteiger charge is -2.40. The van der Waals surface area contributed by atoms with Gasteiger partial charge in [0, 0.05) is 51.5 Å². The molecule has 1 N–H and O–H groups in total. The van der Waals surface area contributed by atoms with Crippen molar-refractivity contribution in [3.05, 3.63) is 18.1 Å². The van der Waals surface area contributed by atoms with E-state index in [0.29, 0.717) is 45.4 Å². The highest BCUT2D eigenvalue weighted by atomic mass is 19.4. The number of piperazine rings is 1. The van der Waals surface area contributed by atoms with Crippen LogP contribution in [0.25, 0.3) is 0 Å². The molecule has 4 fully saturated rings. The summed E-state index contributed by atoms with van der Waals surface area (Å²) in [6, 6.07) is 0.913. The van der Waals surface area contributed by atoms with Crippen LogP contribution in [0.5, 0.6) is 0 Å². The smallest absolute Gasteiger partial charge is 0.379 e. The maximum absolute atomic E-state index is 13.8. The summed E-state index contributed by atoms with van der Waals surface area (Å²) in [5.74, 6) is -1.31. The van der Waals surface area contributed by atoms with Crippen LogP contribution in [0.1, 0.15) is 44.3 Å². The van der Waals surface area contributed by atoms with E-state index in [4.69, 9.17) is 9.47 Å². The Balaban J connectivity index is 1.27. The van der Waals surface area contributed by atoms with Crippen molar-refractivity contribution in [2.75, 3.05) is 38.3 Å². The molecule has 3 aliphatic heterocycles. The first-order chi connectivity index (χ1) is 17.6. The molecular formula is C24H32F5N5O3. The summed E-state index contributed by atoms with van der Waals surface area (Å²) in [7, 11) is 1.62. The molecule has 0 unspecified atom stereocenters. The molecule has 1 amide bonds. The van der Waals surface area contributed by atoms with E-state index in [2.05, 4.69) is 15.3 Å². The zero-order valence-corrected chi connectivity index (χ0v) is 20.6. The highest BCUT2D eigenvalue weighted by Crippen LogP contribution is 2.47. The number of hydrogen-bond donors (Lipinski definition) is 1. The molecular weight excluding hydrogens is 501 g/mol. The molecule has 1 aromatic rings. The molecule has 0 radical (unpaired) electrons. The number of aromatic nitrogens is 2. The first-order valence-electron chi connectivity index (χ1n) is 12.7. The predicted octanol–water partition coefficient (Wildman–Crippen LogP) is 2.87. The molecule has 1 aromatic heterocycles. The van der Waals surface area contributed by atoms with Crippen molar-refractivity contribution in [2.24, 2.45) is 5.41 Å². The third-order valence-electron chi connectivity index (χ3n) is 8.35. The number of fused-ring (bicyclic) bond motifs is 2. The lowest BCUT2D eigenvalue weighted by atomic mass is 9.80. The Hall–Kier alpha value is -2.12. The summed E-state index contributed by atoms with van der Waals surface area (Å²) in [6.45, 7) is 1.65. The van der Waals surface area contributed by atoms with Crippen LogP contribution in [0.2, 0.25) is 0 Å². The monoisotopic (exact) mass is 533 g/mol. The predicted molar refractivity (Wildman–Crippen MR) is 122 cm³/mol. The Bertz CT molecular complexity index is 984. The number of carbonyl (C=O) groups excluding carboxylic acids is 1. The van der Waals surface area contributed by atoms with Crippen molar-refractivity contribution >= 4 is 11.7 Å². The summed E-state index contributed by atoms with van der Waals surface area (Å²) in [5, 5.41) is 3.54. The van der Waals surface area contributed by atoms with Crippen LogP contribution in [0, 0.1) is 5.41 Å². The average Bonchev–Trinajstić information content (AvgIpc) is 3.58. The number of rotatable bonds is 7. The maximum atomic E-state index is 13.8. The normalized spacial score (nSPS) is 34.1. The van der Waals surface area contributed by atoms with E-state index in [1.54, 1.807) is 16.9 Å². The van der Waals surface area contributed by atoms with E-state index < -0.39 is 30.3 Å². The Morgan fingerprint density at radius 2 is 2.11 bits per heavy atom. The molecule has 2 bridgehead atoms. The lowest BCUT2D eigenvalue weighted by Crippen LogP contribution is -2.54. The van der Waals surface area contributed by atoms with E-state index in [1.165, 1.54) is 6.07 Å². The molecule has 13 heteroatoms. The third-order valence-corrected chi connectivity index (χ3v) is 8.35. The number of carbonyl (C=O) groups is 1. The minimum Gasteiger partial charge on any atom is -0.379 e. The molecule has 4 heterocycles. The van der Waals surface area contributed by atoms with Gasteiger partial charge in [-0.2, -0.15) is 13.2 Å². The second-order valence-corrected chi connectivity index (χ2v) is 10.6. The van der Waals surface area contributed by atoms with E-state index in [0.717, 1.165) is 12.6 Å². The van der Waals surface area contributed by atoms with Crippen LogP contribution < -0.4 is 10.2 Å². The van der Waals surface area contributed by atoms with Crippen LogP contribution in [0.4, 0.5) is 27.8 Å². The summed E-state index contributed by atoms with van der Waals surface area (Å²) in [5.41, 5.74) is -1.16. The fourth-order valence-electron chi connectivity index (χ4n) is 6.62. The van der Waals surface area contributed by atoms with Gasteiger partial charge in [0.15, 0.2) is 0 Å². The summed E-state index contributed by atoms with van der Waals surface area (Å²) in [4.78, 5) is 24.3. The van der Waals surface area contributed by atoms with Crippen molar-refractivity contribution in [3.63, 3.8) is 0 Å². The second-order valence-electron chi connectivity index (χ2n) is 10.6. The fraction of sp³-hybridized carbons (Fsp3) is 0.792. The quantitative estimate of drug-likeness (QED) is 0.540. The number of nitrogens with zero attached hydrogens (tertiary/aromatic N) is 4. The zero-order chi connectivity index (χ0) is 26.4. The number of nitrogens with one attached hydrogen (secondary N) is 1. The lowest BCUT2D eigenvalue weighted by molar-refractivity contribution is -0.146. The molecule has 4 aliphatic rings. The fourth-order valence-corrected chi connectivity index (χ4v) is 6.62. The first-order valence-corrected chi connectivity index (χ1v) is 12.7. The van der Waals surface area contributed by atoms with Gasteiger partial charge in [0.05, 0.1) is 30.2 Å². The van der Waals surface area contributed by atoms with Crippen molar-refractivity contribution in [3.8, 4) is 0 Å². The van der Waals surface area contributed by atoms with Gasteiger partial charge in [-0.3, -0.25) is 4.79 Å². The Labute approximate surface area is 211 Å². The highest BCUT2D eigenvalue weighted by Gasteiger charge is 2.54. The first kappa shape index (κ1) is 26.5. The van der Waals surface area contributed by atoms with Crippen LogP contribution in [-0.4, -0.2) is 90.9 Å². The molecule has 1 aliphatic carbocycles. The topological polar surface area (TPSA) is 79.8 Å². The number of amides is 1. The SMILES string of the molecule is CO[C@@H]1COCC[C@@H]1N[C@H]1CC[C@](CC(F)F)(C(=O)N2C[C@@H]3C[C@H]2CN3c2ccnc(C(F)(F)F)n2)C1. The molecule has 5 rings (SSSR count). The van der Waals surface area contributed by atoms with Crippen LogP contribution in [0.3, 0.4) is 0 Å². The average molecular weight is 534 g/mol. The minimum absolute atomic E-state index is 0.0343. The van der Waals surface area contributed by atoms with E-state index in [9.17, 15) is 26.7 Å². The van der Waals surface area contributed by atoms with Gasteiger partial charge < -0.3 is 24.6 Å². The van der Waals surface area contributed by atoms with Crippen LogP contribution >= 0.6 is 0 Å². The van der Waals surface area contributed by atoms with Gasteiger partial charge in [-0.05, 0) is 38.2 Å². The molecule has 0 aromatic carbocycles. The van der Waals surface area contributed by atoms with Crippen molar-refractivity contribution in [2.45, 2.75) is 81.4 Å². The number of halogens is 5. The van der Waals surface area contributed by atoms with Gasteiger partial charge in [0.1, 0.15) is 5.82 Å². The number of anilines is 1. The molecule has 8 nitrogen and oxygen atoms in total. The molecule has 1 saturated carbocycles. The van der Waals surface area contributed by atoms with Gasteiger partial charge >= 0.3 is 6.18 Å². The number of likely N-dealkylation sites (tertiary alicyclic amines) is 1. The summed E-state index contributed by atoms with van der Waals surface area (Å²) in [6.07, 6.45) is -4.20. The molecule has 0 spiro atoms. The standard InChI is InChI=1S/C24H32F5N5O3/c1-36-18-13-37-7-4-17(18)31-14-2-5-23(9-14,10-19(25)26)22(35)34-12-15-8-16(34)11-33(15)20-3-6-30-21(32-20)24(27,28)29/h3,6,14-19,31H,2,4-5,7-13H2,1H3/t14-,15-,16-,17-,18+,23-/m0/s1. The summed E-state index contributed by atoms with van der Waals surface area (Å²) < 4.78 is 77.7. The molecule has 206 valence electrons. The zero-order valence-electron chi connectivity index (χ0n) is 20.6. The number of ether oxygens (including phenoxy) is 2. The van der Waals surface area contributed by atoms with Crippen molar-refractivity contribution in [1.82, 2.24) is 20.2 Å². The highest BCUT2D eigenvalue weighted by molar-refractivity contribution is 5.84. The number of alkyl halides is 5.